The number of fused-ring (bicyclic) bond motifs is 1. The van der Waals surface area contributed by atoms with Gasteiger partial charge >= 0.3 is 0 Å². The molecule has 0 radical (unpaired) electrons. The molecule has 0 unspecified atom stereocenters. The summed E-state index contributed by atoms with van der Waals surface area (Å²) >= 11 is 3.07. The predicted molar refractivity (Wildman–Crippen MR) is 107 cm³/mol. The molecule has 3 heterocycles. The average molecular weight is 399 g/mol. The van der Waals surface area contributed by atoms with E-state index in [1.165, 1.54) is 11.8 Å². The molecular formula is C19H17N3O3S2. The van der Waals surface area contributed by atoms with Gasteiger partial charge in [-0.3, -0.25) is 9.36 Å². The summed E-state index contributed by atoms with van der Waals surface area (Å²) in [5.41, 5.74) is 1.45. The first-order valence-electron chi connectivity index (χ1n) is 8.37. The van der Waals surface area contributed by atoms with Crippen molar-refractivity contribution in [3.63, 3.8) is 0 Å². The first kappa shape index (κ1) is 18.0. The van der Waals surface area contributed by atoms with Crippen LogP contribution in [-0.2, 0) is 17.0 Å². The lowest BCUT2D eigenvalue weighted by atomic mass is 10.2. The Bertz CT molecular complexity index is 1100. The van der Waals surface area contributed by atoms with Gasteiger partial charge in [0.15, 0.2) is 10.9 Å². The standard InChI is InChI=1S/C19H17N3O3S2/c1-24-9-8-22-18(23)14-5-2-3-6-15(14)20-19(22)27-12-13-11-16(25-21-13)17-7-4-10-26-17/h2-7,10-11H,8-9,12H2,1H3. The molecule has 0 aliphatic carbocycles. The molecule has 27 heavy (non-hydrogen) atoms. The van der Waals surface area contributed by atoms with Crippen molar-refractivity contribution in [2.24, 2.45) is 0 Å². The number of rotatable bonds is 7. The van der Waals surface area contributed by atoms with Crippen molar-refractivity contribution < 1.29 is 9.26 Å². The molecule has 0 aliphatic rings. The molecule has 4 rings (SSSR count). The van der Waals surface area contributed by atoms with Crippen LogP contribution < -0.4 is 5.56 Å². The Balaban J connectivity index is 1.61. The highest BCUT2D eigenvalue weighted by Gasteiger charge is 2.13. The average Bonchev–Trinajstić information content (AvgIpc) is 3.37. The minimum absolute atomic E-state index is 0.0559. The molecule has 4 aromatic rings. The van der Waals surface area contributed by atoms with Crippen molar-refractivity contribution in [3.8, 4) is 10.6 Å². The number of aromatic nitrogens is 3. The zero-order valence-electron chi connectivity index (χ0n) is 14.6. The zero-order chi connectivity index (χ0) is 18.6. The van der Waals surface area contributed by atoms with Crippen molar-refractivity contribution in [2.45, 2.75) is 17.5 Å². The molecule has 0 bridgehead atoms. The van der Waals surface area contributed by atoms with E-state index in [4.69, 9.17) is 9.26 Å². The summed E-state index contributed by atoms with van der Waals surface area (Å²) in [7, 11) is 1.62. The maximum Gasteiger partial charge on any atom is 0.262 e. The van der Waals surface area contributed by atoms with Crippen molar-refractivity contribution >= 4 is 34.0 Å². The van der Waals surface area contributed by atoms with Gasteiger partial charge in [0.1, 0.15) is 0 Å². The molecule has 0 aliphatic heterocycles. The van der Waals surface area contributed by atoms with E-state index in [1.54, 1.807) is 29.1 Å². The Morgan fingerprint density at radius 1 is 1.26 bits per heavy atom. The number of thiophene rings is 1. The lowest BCUT2D eigenvalue weighted by Gasteiger charge is -2.12. The van der Waals surface area contributed by atoms with Crippen LogP contribution in [0.1, 0.15) is 5.69 Å². The fraction of sp³-hybridized carbons (Fsp3) is 0.211. The summed E-state index contributed by atoms with van der Waals surface area (Å²) in [5, 5.41) is 7.39. The number of thioether (sulfide) groups is 1. The third-order valence-electron chi connectivity index (χ3n) is 4.02. The van der Waals surface area contributed by atoms with E-state index < -0.39 is 0 Å². The summed E-state index contributed by atoms with van der Waals surface area (Å²) in [5.74, 6) is 1.32. The van der Waals surface area contributed by atoms with Crippen LogP contribution in [0.5, 0.6) is 0 Å². The van der Waals surface area contributed by atoms with E-state index in [0.29, 0.717) is 35.0 Å². The Kier molecular flexibility index (Phi) is 5.38. The van der Waals surface area contributed by atoms with Gasteiger partial charge < -0.3 is 9.26 Å². The van der Waals surface area contributed by atoms with Gasteiger partial charge in [-0.1, -0.05) is 35.1 Å². The summed E-state index contributed by atoms with van der Waals surface area (Å²) < 4.78 is 12.2. The highest BCUT2D eigenvalue weighted by molar-refractivity contribution is 7.98. The maximum absolute atomic E-state index is 12.8. The molecule has 3 aromatic heterocycles. The Hall–Kier alpha value is -2.42. The quantitative estimate of drug-likeness (QED) is 0.345. The molecule has 0 saturated carbocycles. The Morgan fingerprint density at radius 3 is 2.96 bits per heavy atom. The normalized spacial score (nSPS) is 11.3. The van der Waals surface area contributed by atoms with Gasteiger partial charge in [0.2, 0.25) is 0 Å². The van der Waals surface area contributed by atoms with Crippen LogP contribution in [0, 0.1) is 0 Å². The van der Waals surface area contributed by atoms with Gasteiger partial charge in [-0.25, -0.2) is 4.98 Å². The van der Waals surface area contributed by atoms with Gasteiger partial charge in [0.25, 0.3) is 5.56 Å². The molecule has 0 N–H and O–H groups in total. The zero-order valence-corrected chi connectivity index (χ0v) is 16.3. The lowest BCUT2D eigenvalue weighted by molar-refractivity contribution is 0.183. The second-order valence-corrected chi connectivity index (χ2v) is 7.70. The van der Waals surface area contributed by atoms with Crippen molar-refractivity contribution in [1.82, 2.24) is 14.7 Å². The third-order valence-corrected chi connectivity index (χ3v) is 5.91. The van der Waals surface area contributed by atoms with E-state index in [-0.39, 0.29) is 5.56 Å². The largest absolute Gasteiger partial charge is 0.383 e. The summed E-state index contributed by atoms with van der Waals surface area (Å²) in [4.78, 5) is 18.6. The van der Waals surface area contributed by atoms with Gasteiger partial charge in [0, 0.05) is 18.9 Å². The highest BCUT2D eigenvalue weighted by Crippen LogP contribution is 2.28. The number of nitrogens with zero attached hydrogens (tertiary/aromatic N) is 3. The smallest absolute Gasteiger partial charge is 0.262 e. The Labute approximate surface area is 163 Å². The number of para-hydroxylation sites is 1. The summed E-state index contributed by atoms with van der Waals surface area (Å²) in [6.45, 7) is 0.898. The monoisotopic (exact) mass is 399 g/mol. The van der Waals surface area contributed by atoms with Crippen molar-refractivity contribution in [1.29, 1.82) is 0 Å². The molecular weight excluding hydrogens is 382 g/mol. The molecule has 6 nitrogen and oxygen atoms in total. The van der Waals surface area contributed by atoms with Gasteiger partial charge in [-0.2, -0.15) is 0 Å². The predicted octanol–water partition coefficient (Wildman–Crippen LogP) is 4.05. The highest BCUT2D eigenvalue weighted by atomic mass is 32.2. The van der Waals surface area contributed by atoms with Crippen molar-refractivity contribution in [3.05, 3.63) is 63.9 Å². The van der Waals surface area contributed by atoms with Crippen LogP contribution in [0.25, 0.3) is 21.5 Å². The lowest BCUT2D eigenvalue weighted by Crippen LogP contribution is -2.25. The molecule has 0 saturated heterocycles. The Morgan fingerprint density at radius 2 is 2.15 bits per heavy atom. The molecule has 138 valence electrons. The first-order valence-corrected chi connectivity index (χ1v) is 10.2. The molecule has 0 fully saturated rings. The van der Waals surface area contributed by atoms with Crippen LogP contribution in [-0.4, -0.2) is 28.4 Å². The van der Waals surface area contributed by atoms with E-state index in [1.807, 2.05) is 41.8 Å². The molecule has 0 atom stereocenters. The minimum atomic E-state index is -0.0559. The first-order chi connectivity index (χ1) is 13.3. The van der Waals surface area contributed by atoms with Crippen molar-refractivity contribution in [2.75, 3.05) is 13.7 Å². The van der Waals surface area contributed by atoms with Gasteiger partial charge in [0.05, 0.1) is 34.6 Å². The third kappa shape index (κ3) is 3.83. The molecule has 0 spiro atoms. The van der Waals surface area contributed by atoms with E-state index in [2.05, 4.69) is 10.1 Å². The van der Waals surface area contributed by atoms with Gasteiger partial charge in [-0.15, -0.1) is 11.3 Å². The number of methoxy groups -OCH3 is 1. The van der Waals surface area contributed by atoms with Crippen LogP contribution in [0.3, 0.4) is 0 Å². The van der Waals surface area contributed by atoms with E-state index in [0.717, 1.165) is 16.3 Å². The second-order valence-electron chi connectivity index (χ2n) is 5.81. The SMILES string of the molecule is COCCn1c(SCc2cc(-c3cccs3)on2)nc2ccccc2c1=O. The number of benzene rings is 1. The van der Waals surface area contributed by atoms with E-state index >= 15 is 0 Å². The summed E-state index contributed by atoms with van der Waals surface area (Å²) in [6.07, 6.45) is 0. The maximum atomic E-state index is 12.8. The molecule has 0 amide bonds. The molecule has 1 aromatic carbocycles. The fourth-order valence-corrected chi connectivity index (χ4v) is 4.27. The molecule has 8 heteroatoms. The number of hydrogen-bond donors (Lipinski definition) is 0. The topological polar surface area (TPSA) is 70.2 Å². The minimum Gasteiger partial charge on any atom is -0.383 e. The van der Waals surface area contributed by atoms with Crippen LogP contribution >= 0.6 is 23.1 Å². The van der Waals surface area contributed by atoms with Crippen LogP contribution in [0.15, 0.2) is 62.3 Å². The van der Waals surface area contributed by atoms with Crippen LogP contribution in [0.2, 0.25) is 0 Å². The fourth-order valence-electron chi connectivity index (χ4n) is 2.69. The summed E-state index contributed by atoms with van der Waals surface area (Å²) in [6, 6.07) is 13.3. The van der Waals surface area contributed by atoms with Crippen LogP contribution in [0.4, 0.5) is 0 Å². The van der Waals surface area contributed by atoms with E-state index in [9.17, 15) is 4.79 Å². The number of hydrogen-bond acceptors (Lipinski definition) is 7. The number of ether oxygens (including phenoxy) is 1. The second kappa shape index (κ2) is 8.08. The van der Waals surface area contributed by atoms with Gasteiger partial charge in [-0.05, 0) is 23.6 Å².